The molecule has 1 saturated carbocycles. The quantitative estimate of drug-likeness (QED) is 0.139. The molecule has 0 radical (unpaired) electrons. The van der Waals surface area contributed by atoms with Crippen LogP contribution in [0.15, 0.2) is 60.8 Å². The average molecular weight is 934 g/mol. The van der Waals surface area contributed by atoms with E-state index in [1.165, 1.54) is 4.90 Å². The number of carbonyl (C=O) groups is 4. The van der Waals surface area contributed by atoms with E-state index in [4.69, 9.17) is 32.7 Å². The molecule has 3 aromatic rings. The Bertz CT molecular complexity index is 2190. The van der Waals surface area contributed by atoms with Gasteiger partial charge >= 0.3 is 0 Å². The van der Waals surface area contributed by atoms with Crippen molar-refractivity contribution in [2.75, 3.05) is 50.8 Å². The fraction of sp³-hybridized carbons (Fsp3) is 0.542. The Kier molecular flexibility index (Phi) is 16.1. The van der Waals surface area contributed by atoms with Gasteiger partial charge in [-0.2, -0.15) is 5.26 Å². The Balaban J connectivity index is 0.936. The van der Waals surface area contributed by atoms with Crippen molar-refractivity contribution in [1.29, 1.82) is 5.26 Å². The fourth-order valence-electron chi connectivity index (χ4n) is 9.55. The summed E-state index contributed by atoms with van der Waals surface area (Å²) in [5, 5.41) is 29.4. The second-order valence-electron chi connectivity index (χ2n) is 19.0. The van der Waals surface area contributed by atoms with E-state index in [2.05, 4.69) is 64.5 Å². The maximum Gasteiger partial charge on any atom is 0.253 e. The number of rotatable bonds is 17. The van der Waals surface area contributed by atoms with E-state index in [-0.39, 0.29) is 49.4 Å². The van der Waals surface area contributed by atoms with Gasteiger partial charge in [0.25, 0.3) is 5.91 Å². The van der Waals surface area contributed by atoms with Gasteiger partial charge in [-0.15, -0.1) is 0 Å². The number of amides is 4. The van der Waals surface area contributed by atoms with Crippen molar-refractivity contribution in [2.45, 2.75) is 104 Å². The summed E-state index contributed by atoms with van der Waals surface area (Å²) < 4.78 is 12.5. The number of aliphatic hydroxyl groups is 1. The summed E-state index contributed by atoms with van der Waals surface area (Å²) in [6.07, 6.45) is 0.312. The zero-order chi connectivity index (χ0) is 47.2. The van der Waals surface area contributed by atoms with Gasteiger partial charge in [0.1, 0.15) is 41.9 Å². The molecular formula is C48H62Cl2N8O7. The zero-order valence-corrected chi connectivity index (χ0v) is 39.8. The average Bonchev–Trinajstić information content (AvgIpc) is 3.67. The second-order valence-corrected chi connectivity index (χ2v) is 19.8. The summed E-state index contributed by atoms with van der Waals surface area (Å²) in [5.41, 5.74) is 0.891. The third kappa shape index (κ3) is 11.9. The first-order chi connectivity index (χ1) is 30.8. The van der Waals surface area contributed by atoms with E-state index in [1.54, 1.807) is 61.7 Å². The molecule has 17 heteroatoms. The van der Waals surface area contributed by atoms with Crippen molar-refractivity contribution in [3.8, 4) is 11.8 Å². The Labute approximate surface area is 392 Å². The molecule has 350 valence electrons. The van der Waals surface area contributed by atoms with Gasteiger partial charge in [0.2, 0.25) is 17.7 Å². The number of β-amino-alcohol motifs (C(OH)–C–C–N with tert-alkyl or cyclic N) is 1. The number of likely N-dealkylation sites (tertiary alicyclic amines) is 1. The van der Waals surface area contributed by atoms with Gasteiger partial charge in [0.05, 0.1) is 28.9 Å². The number of anilines is 1. The van der Waals surface area contributed by atoms with E-state index in [0.717, 1.165) is 37.6 Å². The van der Waals surface area contributed by atoms with E-state index in [9.17, 15) is 29.5 Å². The van der Waals surface area contributed by atoms with Crippen molar-refractivity contribution >= 4 is 52.6 Å². The number of pyridine rings is 1. The number of nitriles is 1. The zero-order valence-electron chi connectivity index (χ0n) is 38.3. The molecule has 15 nitrogen and oxygen atoms in total. The first kappa shape index (κ1) is 49.5. The first-order valence-corrected chi connectivity index (χ1v) is 23.1. The number of aromatic nitrogens is 1. The smallest absolute Gasteiger partial charge is 0.253 e. The van der Waals surface area contributed by atoms with Gasteiger partial charge in [-0.3, -0.25) is 24.1 Å². The van der Waals surface area contributed by atoms with Crippen LogP contribution in [0.2, 0.25) is 10.0 Å². The van der Waals surface area contributed by atoms with Crippen LogP contribution in [-0.2, 0) is 25.7 Å². The van der Waals surface area contributed by atoms with Crippen LogP contribution in [-0.4, -0.2) is 126 Å². The standard InChI is InChI=1S/C48H62Cl2N8O7/c1-29(2)22-39(43(62)54-30(3)44(63)58-28-35(59)23-38(58)42(61)53-26-31-8-12-34(49)13-9-31)64-21-20-56-16-18-57(19-17-56)40-15-11-33(27-52-40)41(60)55-45-47(4,5)46(48(45,6)7)65-36-14-10-32(25-51)37(50)24-36/h8-15,24,27,29-30,35,38-39,45-46,59H,16-23,26,28H2,1-7H3,(H,53,61)(H,54,62)(H,55,60)/t30-,35+,38-,39-,45-,46-/m0/s1. The van der Waals surface area contributed by atoms with Gasteiger partial charge < -0.3 is 40.3 Å². The van der Waals surface area contributed by atoms with Crippen molar-refractivity contribution < 1.29 is 33.8 Å². The second kappa shape index (κ2) is 21.1. The molecule has 3 fully saturated rings. The molecule has 1 aliphatic carbocycles. The van der Waals surface area contributed by atoms with Crippen molar-refractivity contribution in [1.82, 2.24) is 30.7 Å². The highest BCUT2D eigenvalue weighted by Crippen LogP contribution is 2.55. The van der Waals surface area contributed by atoms with Crippen LogP contribution in [0.4, 0.5) is 5.82 Å². The summed E-state index contributed by atoms with van der Waals surface area (Å²) in [6, 6.07) is 15.8. The monoisotopic (exact) mass is 932 g/mol. The van der Waals surface area contributed by atoms with Crippen LogP contribution in [0, 0.1) is 28.1 Å². The molecule has 2 saturated heterocycles. The Morgan fingerprint density at radius 1 is 0.969 bits per heavy atom. The van der Waals surface area contributed by atoms with E-state index in [0.29, 0.717) is 46.5 Å². The lowest BCUT2D eigenvalue weighted by atomic mass is 9.49. The van der Waals surface area contributed by atoms with E-state index in [1.807, 2.05) is 19.9 Å². The fourth-order valence-corrected chi connectivity index (χ4v) is 9.89. The molecule has 0 spiro atoms. The normalized spacial score (nSPS) is 22.3. The number of nitrogens with one attached hydrogen (secondary N) is 3. The highest BCUT2D eigenvalue weighted by atomic mass is 35.5. The van der Waals surface area contributed by atoms with Gasteiger partial charge in [-0.05, 0) is 61.2 Å². The van der Waals surface area contributed by atoms with Crippen molar-refractivity contribution in [3.05, 3.63) is 87.5 Å². The molecular weight excluding hydrogens is 871 g/mol. The summed E-state index contributed by atoms with van der Waals surface area (Å²) in [5.74, 6) is 0.0533. The lowest BCUT2D eigenvalue weighted by Gasteiger charge is -2.63. The number of nitrogens with zero attached hydrogens (tertiary/aromatic N) is 5. The number of carbonyl (C=O) groups excluding carboxylic acids is 4. The van der Waals surface area contributed by atoms with Crippen LogP contribution in [0.1, 0.15) is 82.8 Å². The highest BCUT2D eigenvalue weighted by molar-refractivity contribution is 6.31. The highest BCUT2D eigenvalue weighted by Gasteiger charge is 2.64. The number of hydrogen-bond acceptors (Lipinski definition) is 11. The maximum atomic E-state index is 13.6. The molecule has 65 heavy (non-hydrogen) atoms. The number of hydrogen-bond donors (Lipinski definition) is 4. The van der Waals surface area contributed by atoms with Crippen LogP contribution in [0.5, 0.6) is 5.75 Å². The minimum absolute atomic E-state index is 0.00821. The van der Waals surface area contributed by atoms with Crippen LogP contribution >= 0.6 is 23.2 Å². The lowest BCUT2D eigenvalue weighted by Crippen LogP contribution is -2.74. The molecule has 2 aliphatic heterocycles. The SMILES string of the molecule is CC(C)C[C@H](OCCN1CCN(c2ccc(C(=O)N[C@H]3C(C)(C)[C@H](Oc4ccc(C#N)c(Cl)c4)C3(C)C)cn2)CC1)C(=O)N[C@@H](C)C(=O)N1C[C@H](O)C[C@H]1C(=O)NCc1ccc(Cl)cc1. The molecule has 0 bridgehead atoms. The maximum absolute atomic E-state index is 13.6. The summed E-state index contributed by atoms with van der Waals surface area (Å²) in [7, 11) is 0. The number of ether oxygens (including phenoxy) is 2. The minimum atomic E-state index is -0.944. The van der Waals surface area contributed by atoms with Crippen LogP contribution in [0.25, 0.3) is 0 Å². The summed E-state index contributed by atoms with van der Waals surface area (Å²) in [6.45, 7) is 17.9. The van der Waals surface area contributed by atoms with Crippen molar-refractivity contribution in [2.24, 2.45) is 16.7 Å². The Morgan fingerprint density at radius 2 is 1.66 bits per heavy atom. The van der Waals surface area contributed by atoms with Crippen molar-refractivity contribution in [3.63, 3.8) is 0 Å². The molecule has 3 aliphatic rings. The third-order valence-corrected chi connectivity index (χ3v) is 13.4. The largest absolute Gasteiger partial charge is 0.489 e. The molecule has 0 unspecified atom stereocenters. The van der Waals surface area contributed by atoms with Gasteiger partial charge in [-0.1, -0.05) is 76.9 Å². The van der Waals surface area contributed by atoms with E-state index >= 15 is 0 Å². The van der Waals surface area contributed by atoms with Gasteiger partial charge in [-0.25, -0.2) is 4.98 Å². The van der Waals surface area contributed by atoms with Crippen LogP contribution in [0.3, 0.4) is 0 Å². The van der Waals surface area contributed by atoms with E-state index < -0.39 is 46.9 Å². The summed E-state index contributed by atoms with van der Waals surface area (Å²) in [4.78, 5) is 64.2. The molecule has 4 N–H and O–H groups in total. The lowest BCUT2D eigenvalue weighted by molar-refractivity contribution is -0.164. The number of aliphatic hydroxyl groups excluding tert-OH is 1. The molecule has 6 rings (SSSR count). The minimum Gasteiger partial charge on any atom is -0.489 e. The molecule has 1 aromatic heterocycles. The predicted octanol–water partition coefficient (Wildman–Crippen LogP) is 5.21. The Morgan fingerprint density at radius 3 is 2.28 bits per heavy atom. The predicted molar refractivity (Wildman–Crippen MR) is 249 cm³/mol. The van der Waals surface area contributed by atoms with Crippen LogP contribution < -0.4 is 25.6 Å². The van der Waals surface area contributed by atoms with Gasteiger partial charge in [0.15, 0.2) is 0 Å². The molecule has 4 amide bonds. The number of halogens is 2. The molecule has 3 heterocycles. The Hall–Kier alpha value is -4.98. The first-order valence-electron chi connectivity index (χ1n) is 22.3. The summed E-state index contributed by atoms with van der Waals surface area (Å²) >= 11 is 12.2. The molecule has 4 atom stereocenters. The third-order valence-electron chi connectivity index (χ3n) is 12.8. The molecule has 2 aromatic carbocycles. The van der Waals surface area contributed by atoms with Gasteiger partial charge in [0, 0.05) is 86.4 Å². The topological polar surface area (TPSA) is 189 Å². The number of benzene rings is 2. The number of piperazine rings is 1.